The van der Waals surface area contributed by atoms with Crippen molar-refractivity contribution < 1.29 is 4.79 Å². The first-order valence-electron chi connectivity index (χ1n) is 14.3. The van der Waals surface area contributed by atoms with Gasteiger partial charge in [-0.15, -0.1) is 0 Å². The van der Waals surface area contributed by atoms with Crippen molar-refractivity contribution in [2.24, 2.45) is 0 Å². The predicted molar refractivity (Wildman–Crippen MR) is 155 cm³/mol. The van der Waals surface area contributed by atoms with Crippen LogP contribution >= 0.6 is 0 Å². The van der Waals surface area contributed by atoms with Crippen molar-refractivity contribution in [3.05, 3.63) is 47.5 Å². The molecular formula is C29H40N10O. The highest BCUT2D eigenvalue weighted by Crippen LogP contribution is 2.29. The van der Waals surface area contributed by atoms with E-state index in [0.29, 0.717) is 29.1 Å². The van der Waals surface area contributed by atoms with Crippen molar-refractivity contribution in [1.29, 1.82) is 5.26 Å². The minimum absolute atomic E-state index is 0.0609. The summed E-state index contributed by atoms with van der Waals surface area (Å²) in [6.45, 7) is 6.64. The van der Waals surface area contributed by atoms with Crippen molar-refractivity contribution in [2.75, 3.05) is 58.9 Å². The molecule has 3 aromatic rings. The number of hydrogen-bond acceptors (Lipinski definition) is 9. The number of carbonyl (C=O) groups is 1. The topological polar surface area (TPSA) is 109 Å². The van der Waals surface area contributed by atoms with Crippen molar-refractivity contribution in [2.45, 2.75) is 51.2 Å². The van der Waals surface area contributed by atoms with Crippen LogP contribution in [0.15, 0.2) is 30.6 Å². The number of nitrogens with one attached hydrogen (secondary N) is 1. The zero-order valence-corrected chi connectivity index (χ0v) is 23.9. The summed E-state index contributed by atoms with van der Waals surface area (Å²) in [5, 5.41) is 11.6. The Hall–Kier alpha value is -3.59. The first-order chi connectivity index (χ1) is 19.4. The number of amides is 1. The number of fused-ring (bicyclic) bond motifs is 1. The molecule has 0 unspecified atom stereocenters. The Morgan fingerprint density at radius 1 is 1.07 bits per heavy atom. The molecule has 0 radical (unpaired) electrons. The second kappa shape index (κ2) is 12.7. The minimum atomic E-state index is -0.200. The number of likely N-dealkylation sites (N-methyl/N-ethyl adjacent to an activating group) is 2. The van der Waals surface area contributed by atoms with Crippen LogP contribution in [0.5, 0.6) is 0 Å². The highest BCUT2D eigenvalue weighted by molar-refractivity contribution is 5.96. The van der Waals surface area contributed by atoms with E-state index in [4.69, 9.17) is 0 Å². The van der Waals surface area contributed by atoms with Crippen LogP contribution in [0.1, 0.15) is 53.8 Å². The normalized spacial score (nSPS) is 17.3. The number of rotatable bonds is 9. The molecule has 0 bridgehead atoms. The van der Waals surface area contributed by atoms with Gasteiger partial charge in [0.2, 0.25) is 5.82 Å². The fraction of sp³-hybridized carbons (Fsp3) is 0.552. The van der Waals surface area contributed by atoms with Gasteiger partial charge in [-0.05, 0) is 51.7 Å². The Bertz CT molecular complexity index is 1330. The molecular weight excluding hydrogens is 504 g/mol. The quantitative estimate of drug-likeness (QED) is 0.406. The summed E-state index contributed by atoms with van der Waals surface area (Å²) < 4.78 is 1.95. The molecule has 2 aromatic heterocycles. The fourth-order valence-electron chi connectivity index (χ4n) is 5.47. The van der Waals surface area contributed by atoms with Crippen molar-refractivity contribution in [3.8, 4) is 6.07 Å². The maximum Gasteiger partial charge on any atom is 0.269 e. The van der Waals surface area contributed by atoms with Gasteiger partial charge in [-0.1, -0.05) is 31.4 Å². The third kappa shape index (κ3) is 6.58. The minimum Gasteiger partial charge on any atom is -0.314 e. The van der Waals surface area contributed by atoms with Crippen LogP contribution in [0.3, 0.4) is 0 Å². The van der Waals surface area contributed by atoms with E-state index in [-0.39, 0.29) is 17.8 Å². The molecule has 0 spiro atoms. The Morgan fingerprint density at radius 3 is 2.48 bits per heavy atom. The molecule has 1 amide bonds. The summed E-state index contributed by atoms with van der Waals surface area (Å²) >= 11 is 0. The monoisotopic (exact) mass is 544 g/mol. The smallest absolute Gasteiger partial charge is 0.269 e. The Morgan fingerprint density at radius 2 is 1.80 bits per heavy atom. The molecule has 1 saturated heterocycles. The fourth-order valence-corrected chi connectivity index (χ4v) is 5.47. The van der Waals surface area contributed by atoms with Gasteiger partial charge in [0.15, 0.2) is 17.0 Å². The number of nitriles is 1. The SMILES string of the molecule is CN(C)CCn1cnc2c(N(NC(=O)c3ccc(CN4CCN(C)CC4)cc3)C3CCCCC3)nc(C#N)nc21. The lowest BCUT2D eigenvalue weighted by molar-refractivity contribution is 0.0941. The predicted octanol–water partition coefficient (Wildman–Crippen LogP) is 2.49. The van der Waals surface area contributed by atoms with Gasteiger partial charge in [0.25, 0.3) is 5.91 Å². The van der Waals surface area contributed by atoms with E-state index in [9.17, 15) is 10.1 Å². The first kappa shape index (κ1) is 28.0. The molecule has 212 valence electrons. The number of anilines is 1. The molecule has 2 aliphatic rings. The third-order valence-electron chi connectivity index (χ3n) is 7.94. The second-order valence-electron chi connectivity index (χ2n) is 11.3. The lowest BCUT2D eigenvalue weighted by Crippen LogP contribution is -2.50. The van der Waals surface area contributed by atoms with Gasteiger partial charge in [-0.3, -0.25) is 20.1 Å². The van der Waals surface area contributed by atoms with Gasteiger partial charge in [0, 0.05) is 51.4 Å². The molecule has 1 aliphatic heterocycles. The van der Waals surface area contributed by atoms with Crippen LogP contribution in [-0.2, 0) is 13.1 Å². The van der Waals surface area contributed by atoms with Crippen LogP contribution < -0.4 is 10.4 Å². The number of imidazole rings is 1. The average molecular weight is 545 g/mol. The molecule has 5 rings (SSSR count). The van der Waals surface area contributed by atoms with E-state index < -0.39 is 0 Å². The van der Waals surface area contributed by atoms with Crippen LogP contribution in [-0.4, -0.2) is 100 Å². The number of hydrazine groups is 1. The largest absolute Gasteiger partial charge is 0.314 e. The van der Waals surface area contributed by atoms with E-state index in [2.05, 4.69) is 48.2 Å². The van der Waals surface area contributed by atoms with Crippen LogP contribution in [0, 0.1) is 11.3 Å². The highest BCUT2D eigenvalue weighted by atomic mass is 16.2. The molecule has 3 heterocycles. The number of carbonyl (C=O) groups excluding carboxylic acids is 1. The molecule has 11 nitrogen and oxygen atoms in total. The number of piperazine rings is 1. The molecule has 1 saturated carbocycles. The summed E-state index contributed by atoms with van der Waals surface area (Å²) in [5.74, 6) is 0.351. The lowest BCUT2D eigenvalue weighted by Gasteiger charge is -2.35. The lowest BCUT2D eigenvalue weighted by atomic mass is 9.95. The Kier molecular flexibility index (Phi) is 8.89. The first-order valence-corrected chi connectivity index (χ1v) is 14.3. The number of hydrogen-bond donors (Lipinski definition) is 1. The van der Waals surface area contributed by atoms with Crippen molar-refractivity contribution in [3.63, 3.8) is 0 Å². The summed E-state index contributed by atoms with van der Waals surface area (Å²) in [5.41, 5.74) is 6.13. The zero-order valence-electron chi connectivity index (χ0n) is 23.9. The number of aromatic nitrogens is 4. The molecule has 1 aliphatic carbocycles. The van der Waals surface area contributed by atoms with E-state index in [1.165, 1.54) is 12.0 Å². The van der Waals surface area contributed by atoms with Crippen LogP contribution in [0.2, 0.25) is 0 Å². The maximum absolute atomic E-state index is 13.6. The molecule has 11 heteroatoms. The van der Waals surface area contributed by atoms with Gasteiger partial charge < -0.3 is 14.4 Å². The summed E-state index contributed by atoms with van der Waals surface area (Å²) in [7, 11) is 6.19. The van der Waals surface area contributed by atoms with Crippen molar-refractivity contribution in [1.82, 2.24) is 39.6 Å². The van der Waals surface area contributed by atoms with Crippen molar-refractivity contribution >= 4 is 22.9 Å². The maximum atomic E-state index is 13.6. The van der Waals surface area contributed by atoms with E-state index in [1.807, 2.05) is 47.9 Å². The number of benzene rings is 1. The molecule has 0 atom stereocenters. The Balaban J connectivity index is 1.39. The van der Waals surface area contributed by atoms with Gasteiger partial charge in [0.05, 0.1) is 12.4 Å². The summed E-state index contributed by atoms with van der Waals surface area (Å²) in [6.07, 6.45) is 6.93. The van der Waals surface area contributed by atoms with E-state index in [0.717, 1.165) is 65.0 Å². The molecule has 40 heavy (non-hydrogen) atoms. The van der Waals surface area contributed by atoms with Crippen LogP contribution in [0.25, 0.3) is 11.2 Å². The van der Waals surface area contributed by atoms with Gasteiger partial charge >= 0.3 is 0 Å². The van der Waals surface area contributed by atoms with Crippen LogP contribution in [0.4, 0.5) is 5.82 Å². The van der Waals surface area contributed by atoms with Gasteiger partial charge in [0.1, 0.15) is 6.07 Å². The third-order valence-corrected chi connectivity index (χ3v) is 7.94. The Labute approximate surface area is 236 Å². The van der Waals surface area contributed by atoms with Gasteiger partial charge in [-0.25, -0.2) is 4.98 Å². The summed E-state index contributed by atoms with van der Waals surface area (Å²) in [4.78, 5) is 34.2. The van der Waals surface area contributed by atoms with E-state index >= 15 is 0 Å². The average Bonchev–Trinajstić information content (AvgIpc) is 3.39. The second-order valence-corrected chi connectivity index (χ2v) is 11.3. The summed E-state index contributed by atoms with van der Waals surface area (Å²) in [6, 6.07) is 10.0. The number of nitrogens with zero attached hydrogens (tertiary/aromatic N) is 9. The standard InChI is InChI=1S/C29H40N10O/c1-35(2)13-18-38-21-31-26-27(38)32-25(19-30)33-28(26)39(24-7-5-4-6-8-24)34-29(40)23-11-9-22(10-12-23)20-37-16-14-36(3)15-17-37/h9-12,21,24H,4-8,13-18,20H2,1-3H3,(H,34,40). The molecule has 1 N–H and O–H groups in total. The highest BCUT2D eigenvalue weighted by Gasteiger charge is 2.28. The molecule has 2 fully saturated rings. The molecule has 1 aromatic carbocycles. The zero-order chi connectivity index (χ0) is 28.1. The van der Waals surface area contributed by atoms with E-state index in [1.54, 1.807) is 6.33 Å². The van der Waals surface area contributed by atoms with Gasteiger partial charge in [-0.2, -0.15) is 15.2 Å².